The molecule has 32 heavy (non-hydrogen) atoms. The van der Waals surface area contributed by atoms with Crippen molar-refractivity contribution in [3.05, 3.63) is 81.2 Å². The van der Waals surface area contributed by atoms with E-state index in [-0.39, 0.29) is 53.4 Å². The van der Waals surface area contributed by atoms with Crippen LogP contribution in [0.5, 0.6) is 0 Å². The summed E-state index contributed by atoms with van der Waals surface area (Å²) in [6, 6.07) is 11.1. The molecular formula is C21H18N2O8S. The standard InChI is InChI=1S/C21H18N2O8S/c1-13-2-8-17(9-3-13)32(28,29)31-18-10-16-11-19(24)22(16)20(18)21(25)30-12-14-4-6-15(7-5-14)23(26)27/h2-9,16H,10-12H2,1H3. The summed E-state index contributed by atoms with van der Waals surface area (Å²) in [5.41, 5.74) is 1.02. The van der Waals surface area contributed by atoms with Gasteiger partial charge in [0.25, 0.3) is 5.69 Å². The minimum Gasteiger partial charge on any atom is -0.456 e. The van der Waals surface area contributed by atoms with Crippen molar-refractivity contribution in [2.24, 2.45) is 0 Å². The van der Waals surface area contributed by atoms with Crippen molar-refractivity contribution in [2.75, 3.05) is 0 Å². The zero-order valence-corrected chi connectivity index (χ0v) is 17.7. The molecular weight excluding hydrogens is 440 g/mol. The molecule has 0 spiro atoms. The fraction of sp³-hybridized carbons (Fsp3) is 0.238. The van der Waals surface area contributed by atoms with Crippen LogP contribution in [0.3, 0.4) is 0 Å². The van der Waals surface area contributed by atoms with Crippen LogP contribution < -0.4 is 0 Å². The summed E-state index contributed by atoms with van der Waals surface area (Å²) in [6.45, 7) is 1.59. The first-order chi connectivity index (χ1) is 15.2. The molecule has 1 fully saturated rings. The fourth-order valence-electron chi connectivity index (χ4n) is 3.50. The van der Waals surface area contributed by atoms with Gasteiger partial charge in [0, 0.05) is 25.0 Å². The smallest absolute Gasteiger partial charge is 0.358 e. The number of amides is 1. The van der Waals surface area contributed by atoms with Crippen LogP contribution in [0.4, 0.5) is 5.69 Å². The monoisotopic (exact) mass is 458 g/mol. The second-order valence-corrected chi connectivity index (χ2v) is 8.99. The highest BCUT2D eigenvalue weighted by Gasteiger charge is 2.50. The molecule has 1 amide bonds. The summed E-state index contributed by atoms with van der Waals surface area (Å²) in [5, 5.41) is 10.7. The lowest BCUT2D eigenvalue weighted by molar-refractivity contribution is -0.384. The SMILES string of the molecule is Cc1ccc(S(=O)(=O)OC2=C(C(=O)OCc3ccc([N+](=O)[O-])cc3)N3C(=O)CC3C2)cc1. The van der Waals surface area contributed by atoms with E-state index in [1.54, 1.807) is 12.1 Å². The van der Waals surface area contributed by atoms with Gasteiger partial charge in [-0.2, -0.15) is 8.42 Å². The van der Waals surface area contributed by atoms with Crippen molar-refractivity contribution in [3.8, 4) is 0 Å². The van der Waals surface area contributed by atoms with Gasteiger partial charge in [0.05, 0.1) is 11.0 Å². The minimum absolute atomic E-state index is 0.0743. The zero-order chi connectivity index (χ0) is 23.0. The van der Waals surface area contributed by atoms with Gasteiger partial charge >= 0.3 is 16.1 Å². The molecule has 1 atom stereocenters. The Bertz CT molecular complexity index is 1230. The van der Waals surface area contributed by atoms with Gasteiger partial charge in [0.2, 0.25) is 5.91 Å². The third-order valence-corrected chi connectivity index (χ3v) is 6.47. The number of hydrogen-bond acceptors (Lipinski definition) is 8. The molecule has 4 rings (SSSR count). The minimum atomic E-state index is -4.21. The second kappa shape index (κ2) is 8.08. The highest BCUT2D eigenvalue weighted by molar-refractivity contribution is 7.86. The predicted molar refractivity (Wildman–Crippen MR) is 109 cm³/mol. The van der Waals surface area contributed by atoms with Gasteiger partial charge in [-0.25, -0.2) is 4.79 Å². The third-order valence-electron chi connectivity index (χ3n) is 5.20. The lowest BCUT2D eigenvalue weighted by Crippen LogP contribution is -2.49. The van der Waals surface area contributed by atoms with Crippen LogP contribution in [-0.4, -0.2) is 36.2 Å². The largest absolute Gasteiger partial charge is 0.456 e. The molecule has 2 heterocycles. The number of esters is 1. The first-order valence-corrected chi connectivity index (χ1v) is 11.0. The maximum atomic E-state index is 12.7. The number of benzene rings is 2. The van der Waals surface area contributed by atoms with E-state index in [0.717, 1.165) is 5.56 Å². The Morgan fingerprint density at radius 1 is 1.12 bits per heavy atom. The quantitative estimate of drug-likeness (QED) is 0.203. The van der Waals surface area contributed by atoms with Crippen molar-refractivity contribution in [1.29, 1.82) is 0 Å². The number of nitrogens with zero attached hydrogens (tertiary/aromatic N) is 2. The number of carbonyl (C=O) groups excluding carboxylic acids is 2. The van der Waals surface area contributed by atoms with Gasteiger partial charge in [-0.3, -0.25) is 19.8 Å². The molecule has 0 N–H and O–H groups in total. The van der Waals surface area contributed by atoms with E-state index in [4.69, 9.17) is 8.92 Å². The maximum absolute atomic E-state index is 12.7. The van der Waals surface area contributed by atoms with Gasteiger partial charge in [0.15, 0.2) is 11.5 Å². The number of hydrogen-bond donors (Lipinski definition) is 0. The molecule has 166 valence electrons. The molecule has 2 aromatic carbocycles. The van der Waals surface area contributed by atoms with Crippen LogP contribution in [0.15, 0.2) is 64.9 Å². The number of aryl methyl sites for hydroxylation is 1. The van der Waals surface area contributed by atoms with Crippen molar-refractivity contribution in [1.82, 2.24) is 4.90 Å². The number of carbonyl (C=O) groups is 2. The molecule has 1 saturated heterocycles. The zero-order valence-electron chi connectivity index (χ0n) is 16.9. The van der Waals surface area contributed by atoms with Gasteiger partial charge in [-0.05, 0) is 36.8 Å². The number of nitro groups is 1. The molecule has 0 aliphatic carbocycles. The van der Waals surface area contributed by atoms with Crippen molar-refractivity contribution in [2.45, 2.75) is 37.3 Å². The number of nitro benzene ring substituents is 1. The summed E-state index contributed by atoms with van der Waals surface area (Å²) in [6.07, 6.45) is 0.259. The highest BCUT2D eigenvalue weighted by atomic mass is 32.2. The number of non-ortho nitro benzene ring substituents is 1. The summed E-state index contributed by atoms with van der Waals surface area (Å²) < 4.78 is 35.9. The summed E-state index contributed by atoms with van der Waals surface area (Å²) >= 11 is 0. The first-order valence-electron chi connectivity index (χ1n) is 9.62. The molecule has 2 aromatic rings. The van der Waals surface area contributed by atoms with Crippen LogP contribution in [0.1, 0.15) is 24.0 Å². The molecule has 0 radical (unpaired) electrons. The third kappa shape index (κ3) is 4.06. The van der Waals surface area contributed by atoms with Crippen molar-refractivity contribution in [3.63, 3.8) is 0 Å². The van der Waals surface area contributed by atoms with E-state index in [1.165, 1.54) is 41.3 Å². The number of rotatable bonds is 7. The fourth-order valence-corrected chi connectivity index (χ4v) is 4.48. The highest BCUT2D eigenvalue weighted by Crippen LogP contribution is 2.40. The predicted octanol–water partition coefficient (Wildman–Crippen LogP) is 2.57. The molecule has 1 unspecified atom stereocenters. The van der Waals surface area contributed by atoms with E-state index < -0.39 is 21.0 Å². The van der Waals surface area contributed by atoms with Crippen LogP contribution in [0.25, 0.3) is 0 Å². The summed E-state index contributed by atoms with van der Waals surface area (Å²) in [4.78, 5) is 36.1. The van der Waals surface area contributed by atoms with E-state index in [2.05, 4.69) is 0 Å². The van der Waals surface area contributed by atoms with E-state index in [9.17, 15) is 28.1 Å². The Balaban J connectivity index is 1.54. The molecule has 11 heteroatoms. The molecule has 0 bridgehead atoms. The Kier molecular flexibility index (Phi) is 5.43. The van der Waals surface area contributed by atoms with E-state index in [1.807, 2.05) is 6.92 Å². The van der Waals surface area contributed by atoms with E-state index in [0.29, 0.717) is 5.56 Å². The Labute approximate surface area is 183 Å². The van der Waals surface area contributed by atoms with Gasteiger partial charge in [-0.1, -0.05) is 17.7 Å². The van der Waals surface area contributed by atoms with Gasteiger partial charge in [0.1, 0.15) is 11.5 Å². The molecule has 2 aliphatic rings. The number of β-lactam (4-membered cyclic amide) rings is 1. The van der Waals surface area contributed by atoms with Crippen LogP contribution in [0, 0.1) is 17.0 Å². The Morgan fingerprint density at radius 3 is 2.38 bits per heavy atom. The molecule has 0 saturated carbocycles. The lowest BCUT2D eigenvalue weighted by atomic mass is 10.0. The lowest BCUT2D eigenvalue weighted by Gasteiger charge is -2.34. The Morgan fingerprint density at radius 2 is 1.78 bits per heavy atom. The molecule has 0 aromatic heterocycles. The van der Waals surface area contributed by atoms with Gasteiger partial charge in [-0.15, -0.1) is 0 Å². The van der Waals surface area contributed by atoms with Crippen LogP contribution in [-0.2, 0) is 35.2 Å². The van der Waals surface area contributed by atoms with Crippen molar-refractivity contribution >= 4 is 27.7 Å². The topological polar surface area (TPSA) is 133 Å². The average Bonchev–Trinajstić information content (AvgIpc) is 3.03. The van der Waals surface area contributed by atoms with Crippen LogP contribution >= 0.6 is 0 Å². The first kappa shape index (κ1) is 21.5. The maximum Gasteiger partial charge on any atom is 0.358 e. The number of ether oxygens (including phenoxy) is 1. The molecule has 10 nitrogen and oxygen atoms in total. The van der Waals surface area contributed by atoms with E-state index >= 15 is 0 Å². The Hall–Kier alpha value is -3.73. The average molecular weight is 458 g/mol. The van der Waals surface area contributed by atoms with Gasteiger partial charge < -0.3 is 8.92 Å². The second-order valence-electron chi connectivity index (χ2n) is 7.45. The molecule has 2 aliphatic heterocycles. The van der Waals surface area contributed by atoms with Crippen LogP contribution in [0.2, 0.25) is 0 Å². The normalized spacial score (nSPS) is 17.6. The number of fused-ring (bicyclic) bond motifs is 1. The summed E-state index contributed by atoms with van der Waals surface area (Å²) in [7, 11) is -4.21. The summed E-state index contributed by atoms with van der Waals surface area (Å²) in [5.74, 6) is -1.38. The van der Waals surface area contributed by atoms with Crippen molar-refractivity contribution < 1.29 is 31.9 Å².